The number of alkyl halides is 17. The molecule has 2 aromatic carbocycles. The quantitative estimate of drug-likeness (QED) is 0.0934. The van der Waals surface area contributed by atoms with E-state index in [1.807, 2.05) is 0 Å². The number of benzene rings is 2. The van der Waals surface area contributed by atoms with E-state index in [1.54, 1.807) is 4.90 Å². The van der Waals surface area contributed by atoms with Crippen molar-refractivity contribution in [2.75, 3.05) is 18.1 Å². The van der Waals surface area contributed by atoms with Crippen LogP contribution >= 0.6 is 0 Å². The Balaban J connectivity index is 0.000000360. The zero-order chi connectivity index (χ0) is 38.3. The second kappa shape index (κ2) is 14.0. The predicted molar refractivity (Wildman–Crippen MR) is 139 cm³/mol. The Hall–Kier alpha value is -2.27. The Bertz CT molecular complexity index is 1540. The Morgan fingerprint density at radius 2 is 1.18 bits per heavy atom. The number of fused-ring (bicyclic) bond motifs is 1. The predicted octanol–water partition coefficient (Wildman–Crippen LogP) is 8.90. The normalized spacial score (nSPS) is 19.2. The molecular weight excluding hydrogens is 763 g/mol. The summed E-state index contributed by atoms with van der Waals surface area (Å²) in [6.07, 6.45) is -3.75. The van der Waals surface area contributed by atoms with E-state index in [9.17, 15) is 87.6 Å². The summed E-state index contributed by atoms with van der Waals surface area (Å²) >= 11 is 0. The summed E-state index contributed by atoms with van der Waals surface area (Å²) < 4.78 is 250. The molecule has 0 spiro atoms. The lowest BCUT2D eigenvalue weighted by atomic mass is 9.91. The van der Waals surface area contributed by atoms with E-state index in [1.165, 1.54) is 41.5 Å². The third-order valence-corrected chi connectivity index (χ3v) is 10.4. The van der Waals surface area contributed by atoms with Gasteiger partial charge in [-0.05, 0) is 23.9 Å². The van der Waals surface area contributed by atoms with Gasteiger partial charge < -0.3 is 9.29 Å². The average Bonchev–Trinajstić information content (AvgIpc) is 3.44. The maximum Gasteiger partial charge on any atom is 0.460 e. The van der Waals surface area contributed by atoms with Crippen LogP contribution in [-0.4, -0.2) is 84.2 Å². The summed E-state index contributed by atoms with van der Waals surface area (Å²) in [6, 6.07) is 15.5. The second-order valence-electron chi connectivity index (χ2n) is 10.4. The van der Waals surface area contributed by atoms with Crippen molar-refractivity contribution in [2.24, 2.45) is 0 Å². The van der Waals surface area contributed by atoms with Gasteiger partial charge in [-0.25, -0.2) is 8.42 Å². The lowest BCUT2D eigenvalue weighted by molar-refractivity contribution is -0.458. The van der Waals surface area contributed by atoms with Gasteiger partial charge in [0.1, 0.15) is 17.6 Å². The van der Waals surface area contributed by atoms with Crippen LogP contribution in [0.2, 0.25) is 0 Å². The molecule has 49 heavy (non-hydrogen) atoms. The maximum atomic E-state index is 13.0. The number of unbranched alkanes of at least 4 members (excludes halogenated alkanes) is 1. The molecule has 0 bridgehead atoms. The van der Waals surface area contributed by atoms with Crippen LogP contribution in [0.5, 0.6) is 0 Å². The summed E-state index contributed by atoms with van der Waals surface area (Å²) in [6.45, 7) is 3.16. The van der Waals surface area contributed by atoms with Gasteiger partial charge in [-0.2, -0.15) is 74.6 Å². The smallest absolute Gasteiger partial charge is 0.460 e. The molecule has 2 unspecified atom stereocenters. The zero-order valence-corrected chi connectivity index (χ0v) is 25.9. The SMILES string of the molecule is CCCCOC1CC[S+](c2cccc3ccccc23)C1.O=S(=O)([O-])C(F)(F)C(F)(F)C(F)(F)C(F)(F)C(F)(F)C(F)(F)C(F)(F)C(F)(F)F. The van der Waals surface area contributed by atoms with Crippen LogP contribution in [-0.2, 0) is 25.7 Å². The minimum atomic E-state index is -8.92. The molecule has 4 nitrogen and oxygen atoms in total. The van der Waals surface area contributed by atoms with Gasteiger partial charge in [0.15, 0.2) is 15.0 Å². The van der Waals surface area contributed by atoms with Gasteiger partial charge in [0, 0.05) is 29.3 Å². The van der Waals surface area contributed by atoms with Gasteiger partial charge in [-0.1, -0.05) is 43.7 Å². The standard InChI is InChI=1S/C18H23OS.C8HF17O3S/c1-2-3-12-19-16-11-13-20(14-16)18-10-6-8-15-7-4-5-9-17(15)18;9-1(10,3(13,14)5(17,18)7(21,22)23)2(11,12)4(15,16)6(19,20)8(24,25)29(26,27)28/h4-10,16H,2-3,11-14H2,1H3;(H,26,27,28)/q+1;/p-1. The molecule has 23 heteroatoms. The number of ether oxygens (including phenoxy) is 1. The molecule has 0 aliphatic carbocycles. The first-order valence-electron chi connectivity index (χ1n) is 13.3. The second-order valence-corrected chi connectivity index (χ2v) is 14.0. The molecule has 0 aromatic heterocycles. The summed E-state index contributed by atoms with van der Waals surface area (Å²) in [4.78, 5) is 1.55. The summed E-state index contributed by atoms with van der Waals surface area (Å²) in [5, 5.41) is -5.15. The fourth-order valence-corrected chi connectivity index (χ4v) is 7.18. The fourth-order valence-electron chi connectivity index (χ4n) is 4.14. The molecule has 1 aliphatic rings. The number of halogens is 17. The molecule has 1 heterocycles. The minimum absolute atomic E-state index is 0.374. The first-order valence-corrected chi connectivity index (χ1v) is 16.3. The average molecular weight is 787 g/mol. The zero-order valence-electron chi connectivity index (χ0n) is 24.2. The van der Waals surface area contributed by atoms with Crippen LogP contribution in [0.1, 0.15) is 26.2 Å². The Kier molecular flexibility index (Phi) is 12.3. The van der Waals surface area contributed by atoms with Gasteiger partial charge >= 0.3 is 47.0 Å². The highest BCUT2D eigenvalue weighted by molar-refractivity contribution is 7.97. The molecule has 2 atom stereocenters. The van der Waals surface area contributed by atoms with E-state index in [2.05, 4.69) is 49.4 Å². The van der Waals surface area contributed by atoms with Gasteiger partial charge in [0.05, 0.1) is 0 Å². The molecular formula is C26H23F17O4S2. The number of hydrogen-bond donors (Lipinski definition) is 0. The van der Waals surface area contributed by atoms with E-state index in [0.717, 1.165) is 6.61 Å². The molecule has 1 aliphatic heterocycles. The Morgan fingerprint density at radius 3 is 1.67 bits per heavy atom. The van der Waals surface area contributed by atoms with E-state index in [0.29, 0.717) is 17.0 Å². The molecule has 1 saturated heterocycles. The number of hydrogen-bond acceptors (Lipinski definition) is 4. The third-order valence-electron chi connectivity index (χ3n) is 6.99. The molecule has 0 radical (unpaired) electrons. The lowest BCUT2D eigenvalue weighted by Crippen LogP contribution is -2.75. The van der Waals surface area contributed by atoms with Gasteiger partial charge in [-0.3, -0.25) is 0 Å². The molecule has 282 valence electrons. The van der Waals surface area contributed by atoms with E-state index >= 15 is 0 Å². The third kappa shape index (κ3) is 7.40. The van der Waals surface area contributed by atoms with Gasteiger partial charge in [0.25, 0.3) is 0 Å². The van der Waals surface area contributed by atoms with Crippen molar-refractivity contribution >= 4 is 31.8 Å². The van der Waals surface area contributed by atoms with E-state index < -0.39 is 57.1 Å². The van der Waals surface area contributed by atoms with Crippen LogP contribution < -0.4 is 0 Å². The first-order chi connectivity index (χ1) is 21.9. The molecule has 2 aromatic rings. The lowest BCUT2D eigenvalue weighted by Gasteiger charge is -2.42. The molecule has 1 fully saturated rings. The molecule has 3 rings (SSSR count). The van der Waals surface area contributed by atoms with E-state index in [-0.39, 0.29) is 0 Å². The van der Waals surface area contributed by atoms with Crippen LogP contribution in [0, 0.1) is 0 Å². The van der Waals surface area contributed by atoms with Crippen molar-refractivity contribution in [3.63, 3.8) is 0 Å². The first kappa shape index (κ1) is 42.9. The van der Waals surface area contributed by atoms with Crippen LogP contribution in [0.15, 0.2) is 47.4 Å². The van der Waals surface area contributed by atoms with Crippen LogP contribution in [0.3, 0.4) is 0 Å². The van der Waals surface area contributed by atoms with Crippen LogP contribution in [0.4, 0.5) is 74.6 Å². The maximum absolute atomic E-state index is 13.0. The Morgan fingerprint density at radius 1 is 0.714 bits per heavy atom. The van der Waals surface area contributed by atoms with Crippen molar-refractivity contribution in [2.45, 2.75) is 84.2 Å². The van der Waals surface area contributed by atoms with Crippen LogP contribution in [0.25, 0.3) is 10.8 Å². The highest BCUT2D eigenvalue weighted by Crippen LogP contribution is 2.64. The number of rotatable bonds is 12. The molecule has 0 saturated carbocycles. The monoisotopic (exact) mass is 786 g/mol. The van der Waals surface area contributed by atoms with Crippen molar-refractivity contribution in [3.05, 3.63) is 42.5 Å². The summed E-state index contributed by atoms with van der Waals surface area (Å²) in [5.41, 5.74) is 0. The summed E-state index contributed by atoms with van der Waals surface area (Å²) in [7, 11) is -7.77. The Labute approximate surface area is 269 Å². The fraction of sp³-hybridized carbons (Fsp3) is 0.615. The van der Waals surface area contributed by atoms with Gasteiger partial charge in [0.2, 0.25) is 0 Å². The molecule has 0 N–H and O–H groups in total. The summed E-state index contributed by atoms with van der Waals surface area (Å²) in [5.74, 6) is -49.6. The highest BCUT2D eigenvalue weighted by Gasteiger charge is 2.95. The van der Waals surface area contributed by atoms with Crippen molar-refractivity contribution in [3.8, 4) is 0 Å². The van der Waals surface area contributed by atoms with Crippen molar-refractivity contribution in [1.29, 1.82) is 0 Å². The largest absolute Gasteiger partial charge is 0.743 e. The molecule has 0 amide bonds. The van der Waals surface area contributed by atoms with E-state index in [4.69, 9.17) is 4.74 Å². The van der Waals surface area contributed by atoms with Crippen molar-refractivity contribution < 1.29 is 92.3 Å². The topological polar surface area (TPSA) is 66.4 Å². The van der Waals surface area contributed by atoms with Crippen molar-refractivity contribution in [1.82, 2.24) is 0 Å². The minimum Gasteiger partial charge on any atom is -0.743 e. The highest BCUT2D eigenvalue weighted by atomic mass is 32.2. The van der Waals surface area contributed by atoms with Gasteiger partial charge in [-0.15, -0.1) is 0 Å².